The van der Waals surface area contributed by atoms with E-state index in [9.17, 15) is 9.59 Å². The van der Waals surface area contributed by atoms with Gasteiger partial charge in [0.1, 0.15) is 0 Å². The smallest absolute Gasteiger partial charge is 0.305 e. The summed E-state index contributed by atoms with van der Waals surface area (Å²) in [7, 11) is 2.09. The first-order valence-electron chi connectivity index (χ1n) is 22.2. The summed E-state index contributed by atoms with van der Waals surface area (Å²) in [6, 6.07) is 0. The van der Waals surface area contributed by atoms with Gasteiger partial charge in [0.15, 0.2) is 0 Å². The molecule has 0 bridgehead atoms. The van der Waals surface area contributed by atoms with E-state index >= 15 is 0 Å². The predicted molar refractivity (Wildman–Crippen MR) is 224 cm³/mol. The molecular weight excluding hydrogens is 643 g/mol. The second-order valence-electron chi connectivity index (χ2n) is 15.5. The molecule has 1 unspecified atom stereocenters. The average molecular weight is 726 g/mol. The highest BCUT2D eigenvalue weighted by Crippen LogP contribution is 2.24. The van der Waals surface area contributed by atoms with Crippen LogP contribution >= 0.6 is 0 Å². The van der Waals surface area contributed by atoms with Gasteiger partial charge in [0.05, 0.1) is 13.2 Å². The molecule has 1 fully saturated rings. The summed E-state index contributed by atoms with van der Waals surface area (Å²) < 4.78 is 11.4. The number of carbonyl (C=O) groups is 2. The van der Waals surface area contributed by atoms with Gasteiger partial charge in [-0.1, -0.05) is 152 Å². The number of ether oxygens (including phenoxy) is 2. The molecule has 0 aromatic rings. The fourth-order valence-electron chi connectivity index (χ4n) is 6.96. The first-order chi connectivity index (χ1) is 25.6. The molecule has 5 heteroatoms. The Labute approximate surface area is 322 Å². The summed E-state index contributed by atoms with van der Waals surface area (Å²) in [5.74, 6) is 0.301. The molecule has 0 aliphatic carbocycles. The van der Waals surface area contributed by atoms with E-state index in [1.807, 2.05) is 0 Å². The number of allylic oxidation sites excluding steroid dienone is 8. The molecule has 5 nitrogen and oxygen atoms in total. The van der Waals surface area contributed by atoms with Gasteiger partial charge in [0, 0.05) is 37.8 Å². The fraction of sp³-hybridized carbons (Fsp3) is 0.787. The monoisotopic (exact) mass is 726 g/mol. The quantitative estimate of drug-likeness (QED) is 0.0366. The maximum atomic E-state index is 12.4. The first kappa shape index (κ1) is 47.9. The molecule has 0 radical (unpaired) electrons. The van der Waals surface area contributed by atoms with E-state index in [-0.39, 0.29) is 23.8 Å². The minimum Gasteiger partial charge on any atom is -0.465 e. The van der Waals surface area contributed by atoms with Crippen molar-refractivity contribution in [2.45, 2.75) is 194 Å². The minimum atomic E-state index is -0.0822. The van der Waals surface area contributed by atoms with E-state index in [0.29, 0.717) is 26.1 Å². The molecular formula is C47H83NO4. The van der Waals surface area contributed by atoms with Gasteiger partial charge in [-0.3, -0.25) is 9.59 Å². The normalized spacial score (nSPS) is 16.8. The van der Waals surface area contributed by atoms with E-state index in [1.165, 1.54) is 128 Å². The zero-order chi connectivity index (χ0) is 37.6. The Morgan fingerprint density at radius 1 is 0.462 bits per heavy atom. The summed E-state index contributed by atoms with van der Waals surface area (Å²) in [6.07, 6.45) is 51.0. The highest BCUT2D eigenvalue weighted by Gasteiger charge is 2.32. The average Bonchev–Trinajstić information content (AvgIpc) is 3.51. The molecule has 300 valence electrons. The third-order valence-electron chi connectivity index (χ3n) is 10.3. The van der Waals surface area contributed by atoms with Crippen LogP contribution in [0, 0.1) is 11.8 Å². The SMILES string of the molecule is CCCCC/C=C\C/C=C\CCCCCCCCCC(=O)OCC1CN(C)C[C@H]1COC(=O)CCCCCCCCC/C=C\C/C=C\CCCCC. The van der Waals surface area contributed by atoms with Crippen LogP contribution in [-0.2, 0) is 19.1 Å². The van der Waals surface area contributed by atoms with Crippen molar-refractivity contribution in [3.05, 3.63) is 48.6 Å². The van der Waals surface area contributed by atoms with Crippen molar-refractivity contribution < 1.29 is 19.1 Å². The molecule has 0 aromatic carbocycles. The first-order valence-corrected chi connectivity index (χ1v) is 22.2. The maximum absolute atomic E-state index is 12.4. The molecule has 1 aliphatic rings. The molecule has 2 atom stereocenters. The highest BCUT2D eigenvalue weighted by atomic mass is 16.5. The lowest BCUT2D eigenvalue weighted by Gasteiger charge is -2.18. The van der Waals surface area contributed by atoms with Gasteiger partial charge >= 0.3 is 11.9 Å². The number of nitrogens with zero attached hydrogens (tertiary/aromatic N) is 1. The topological polar surface area (TPSA) is 55.8 Å². The summed E-state index contributed by atoms with van der Waals surface area (Å²) in [5, 5.41) is 0. The zero-order valence-corrected chi connectivity index (χ0v) is 34.5. The highest BCUT2D eigenvalue weighted by molar-refractivity contribution is 5.69. The lowest BCUT2D eigenvalue weighted by molar-refractivity contribution is -0.149. The van der Waals surface area contributed by atoms with Gasteiger partial charge in [-0.2, -0.15) is 0 Å². The summed E-state index contributed by atoms with van der Waals surface area (Å²) in [5.41, 5.74) is 0. The van der Waals surface area contributed by atoms with Crippen molar-refractivity contribution in [1.82, 2.24) is 4.90 Å². The molecule has 1 heterocycles. The molecule has 0 N–H and O–H groups in total. The van der Waals surface area contributed by atoms with Crippen molar-refractivity contribution in [3.8, 4) is 0 Å². The van der Waals surface area contributed by atoms with Gasteiger partial charge in [-0.15, -0.1) is 0 Å². The predicted octanol–water partition coefficient (Wildman–Crippen LogP) is 13.4. The molecule has 1 rings (SSSR count). The number of hydrogen-bond acceptors (Lipinski definition) is 5. The molecule has 1 saturated heterocycles. The standard InChI is InChI=1S/C47H83NO4/c1-4-6-8-10-12-14-16-18-20-22-24-26-28-30-32-34-36-38-46(49)51-42-44-40-48(3)41-45(44)43-52-47(50)39-37-35-33-31-29-27-25-23-21-19-17-15-13-11-9-7-5-2/h12-15,18-21,44-45H,4-11,16-17,22-43H2,1-3H3/b14-12-,15-13-,20-18-,21-19-/t44-,45?/m0/s1. The van der Waals surface area contributed by atoms with E-state index in [4.69, 9.17) is 9.47 Å². The molecule has 0 aromatic heterocycles. The number of unbranched alkanes of at least 4 members (excludes halogenated alkanes) is 20. The molecule has 0 amide bonds. The van der Waals surface area contributed by atoms with Crippen LogP contribution in [0.3, 0.4) is 0 Å². The van der Waals surface area contributed by atoms with Gasteiger partial charge < -0.3 is 14.4 Å². The van der Waals surface area contributed by atoms with E-state index < -0.39 is 0 Å². The Bertz CT molecular complexity index is 864. The molecule has 1 aliphatic heterocycles. The maximum Gasteiger partial charge on any atom is 0.305 e. The Morgan fingerprint density at radius 3 is 1.12 bits per heavy atom. The number of rotatable bonds is 36. The van der Waals surface area contributed by atoms with E-state index in [2.05, 4.69) is 74.4 Å². The summed E-state index contributed by atoms with van der Waals surface area (Å²) >= 11 is 0. The van der Waals surface area contributed by atoms with E-state index in [1.54, 1.807) is 0 Å². The molecule has 52 heavy (non-hydrogen) atoms. The van der Waals surface area contributed by atoms with Crippen LogP contribution < -0.4 is 0 Å². The van der Waals surface area contributed by atoms with Crippen LogP contribution in [0.1, 0.15) is 194 Å². The third-order valence-corrected chi connectivity index (χ3v) is 10.3. The number of likely N-dealkylation sites (tertiary alicyclic amines) is 1. The van der Waals surface area contributed by atoms with Crippen LogP contribution in [0.2, 0.25) is 0 Å². The lowest BCUT2D eigenvalue weighted by atomic mass is 9.98. The Hall–Kier alpha value is -2.14. The molecule has 0 saturated carbocycles. The number of esters is 2. The summed E-state index contributed by atoms with van der Waals surface area (Å²) in [4.78, 5) is 27.1. The second kappa shape index (κ2) is 37.2. The van der Waals surface area contributed by atoms with Crippen LogP contribution in [-0.4, -0.2) is 50.2 Å². The van der Waals surface area contributed by atoms with Gasteiger partial charge in [0.2, 0.25) is 0 Å². The fourth-order valence-corrected chi connectivity index (χ4v) is 6.96. The number of carbonyl (C=O) groups excluding carboxylic acids is 2. The minimum absolute atomic E-state index is 0.0822. The van der Waals surface area contributed by atoms with Crippen LogP contribution in [0.5, 0.6) is 0 Å². The van der Waals surface area contributed by atoms with Crippen molar-refractivity contribution in [1.29, 1.82) is 0 Å². The van der Waals surface area contributed by atoms with E-state index in [0.717, 1.165) is 51.6 Å². The van der Waals surface area contributed by atoms with Gasteiger partial charge in [-0.25, -0.2) is 0 Å². The van der Waals surface area contributed by atoms with Gasteiger partial charge in [-0.05, 0) is 84.1 Å². The summed E-state index contributed by atoms with van der Waals surface area (Å²) in [6.45, 7) is 7.13. The van der Waals surface area contributed by atoms with Gasteiger partial charge in [0.25, 0.3) is 0 Å². The van der Waals surface area contributed by atoms with Crippen molar-refractivity contribution in [2.24, 2.45) is 11.8 Å². The number of hydrogen-bond donors (Lipinski definition) is 0. The van der Waals surface area contributed by atoms with Crippen molar-refractivity contribution >= 4 is 11.9 Å². The Kier molecular flexibility index (Phi) is 34.2. The largest absolute Gasteiger partial charge is 0.465 e. The second-order valence-corrected chi connectivity index (χ2v) is 15.5. The van der Waals surface area contributed by atoms with Crippen LogP contribution in [0.25, 0.3) is 0 Å². The molecule has 0 spiro atoms. The van der Waals surface area contributed by atoms with Crippen LogP contribution in [0.15, 0.2) is 48.6 Å². The Morgan fingerprint density at radius 2 is 0.769 bits per heavy atom. The third kappa shape index (κ3) is 31.4. The van der Waals surface area contributed by atoms with Crippen molar-refractivity contribution in [3.63, 3.8) is 0 Å². The van der Waals surface area contributed by atoms with Crippen LogP contribution in [0.4, 0.5) is 0 Å². The van der Waals surface area contributed by atoms with Crippen molar-refractivity contribution in [2.75, 3.05) is 33.4 Å². The Balaban J connectivity index is 1.97. The zero-order valence-electron chi connectivity index (χ0n) is 34.5. The lowest BCUT2D eigenvalue weighted by Crippen LogP contribution is -2.25.